The summed E-state index contributed by atoms with van der Waals surface area (Å²) in [4.78, 5) is 29.3. The number of hydrogen-bond acceptors (Lipinski definition) is 8. The molecule has 3 aromatic heterocycles. The van der Waals surface area contributed by atoms with E-state index in [2.05, 4.69) is 37.4 Å². The average molecular weight is 415 g/mol. The molecule has 4 heterocycles. The van der Waals surface area contributed by atoms with E-state index in [1.54, 1.807) is 23.6 Å². The molecule has 146 valence electrons. The molecule has 2 N–H and O–H groups in total. The fraction of sp³-hybridized carbons (Fsp3) is 0.368. The van der Waals surface area contributed by atoms with Crippen molar-refractivity contribution in [2.45, 2.75) is 19.4 Å². The standard InChI is InChI=1S/C19H22N6OS2/c1-2-20-13-5-7-25(11-13)12-17(26)23-16-10-14(19-21-6-9-28-19)22-18(24-16)15-4-3-8-27-15/h3-4,6,8-10,13,20H,2,5,7,11-12H2,1H3,(H,22,23,24,26). The van der Waals surface area contributed by atoms with E-state index in [1.165, 1.54) is 11.3 Å². The SMILES string of the molecule is CCNC1CCN(CC(=O)Nc2cc(-c3nccs3)nc(-c3cccs3)n2)C1. The number of likely N-dealkylation sites (tertiary alicyclic amines) is 1. The van der Waals surface area contributed by atoms with Crippen LogP contribution in [0.3, 0.4) is 0 Å². The van der Waals surface area contributed by atoms with Gasteiger partial charge in [-0.25, -0.2) is 15.0 Å². The molecule has 7 nitrogen and oxygen atoms in total. The lowest BCUT2D eigenvalue weighted by Gasteiger charge is -2.16. The number of amides is 1. The van der Waals surface area contributed by atoms with Crippen LogP contribution in [0.25, 0.3) is 21.4 Å². The van der Waals surface area contributed by atoms with Crippen LogP contribution >= 0.6 is 22.7 Å². The van der Waals surface area contributed by atoms with Crippen molar-refractivity contribution < 1.29 is 4.79 Å². The fourth-order valence-corrected chi connectivity index (χ4v) is 4.56. The maximum atomic E-state index is 12.6. The van der Waals surface area contributed by atoms with Crippen molar-refractivity contribution >= 4 is 34.4 Å². The maximum absolute atomic E-state index is 12.6. The number of thiophene rings is 1. The van der Waals surface area contributed by atoms with Gasteiger partial charge in [-0.3, -0.25) is 9.69 Å². The zero-order chi connectivity index (χ0) is 19.3. The molecule has 28 heavy (non-hydrogen) atoms. The van der Waals surface area contributed by atoms with Crippen LogP contribution in [0, 0.1) is 0 Å². The van der Waals surface area contributed by atoms with E-state index in [0.29, 0.717) is 24.2 Å². The molecule has 1 unspecified atom stereocenters. The normalized spacial score (nSPS) is 17.1. The van der Waals surface area contributed by atoms with E-state index >= 15 is 0 Å². The zero-order valence-corrected chi connectivity index (χ0v) is 17.2. The number of aromatic nitrogens is 3. The van der Waals surface area contributed by atoms with Gasteiger partial charge in [-0.2, -0.15) is 0 Å². The Morgan fingerprint density at radius 2 is 2.25 bits per heavy atom. The number of nitrogens with one attached hydrogen (secondary N) is 2. The van der Waals surface area contributed by atoms with E-state index in [0.717, 1.165) is 41.6 Å². The first-order valence-electron chi connectivity index (χ1n) is 9.29. The topological polar surface area (TPSA) is 83.0 Å². The highest BCUT2D eigenvalue weighted by Crippen LogP contribution is 2.27. The molecule has 1 atom stereocenters. The van der Waals surface area contributed by atoms with Gasteiger partial charge in [0, 0.05) is 36.8 Å². The van der Waals surface area contributed by atoms with Gasteiger partial charge in [0.2, 0.25) is 5.91 Å². The van der Waals surface area contributed by atoms with Crippen molar-refractivity contribution in [1.82, 2.24) is 25.2 Å². The van der Waals surface area contributed by atoms with Gasteiger partial charge in [-0.05, 0) is 24.4 Å². The molecule has 1 amide bonds. The Balaban J connectivity index is 1.50. The summed E-state index contributed by atoms with van der Waals surface area (Å²) in [5, 5.41) is 11.1. The Morgan fingerprint density at radius 3 is 3.00 bits per heavy atom. The van der Waals surface area contributed by atoms with Crippen molar-refractivity contribution in [2.75, 3.05) is 31.5 Å². The van der Waals surface area contributed by atoms with Gasteiger partial charge in [0.1, 0.15) is 16.5 Å². The lowest BCUT2D eigenvalue weighted by Crippen LogP contribution is -2.36. The molecule has 4 rings (SSSR count). The monoisotopic (exact) mass is 414 g/mol. The molecular formula is C19H22N6OS2. The average Bonchev–Trinajstić information content (AvgIpc) is 3.45. The second-order valence-corrected chi connectivity index (χ2v) is 8.45. The van der Waals surface area contributed by atoms with Crippen molar-refractivity contribution in [3.8, 4) is 21.4 Å². The molecular weight excluding hydrogens is 392 g/mol. The van der Waals surface area contributed by atoms with Crippen LogP contribution in [0.2, 0.25) is 0 Å². The van der Waals surface area contributed by atoms with E-state index in [-0.39, 0.29) is 5.91 Å². The van der Waals surface area contributed by atoms with Crippen LogP contribution in [0.1, 0.15) is 13.3 Å². The minimum atomic E-state index is -0.0573. The number of carbonyl (C=O) groups excluding carboxylic acids is 1. The summed E-state index contributed by atoms with van der Waals surface area (Å²) in [5.41, 5.74) is 0.720. The highest BCUT2D eigenvalue weighted by Gasteiger charge is 2.23. The summed E-state index contributed by atoms with van der Waals surface area (Å²) in [7, 11) is 0. The Bertz CT molecular complexity index is 860. The van der Waals surface area contributed by atoms with Crippen molar-refractivity contribution in [2.24, 2.45) is 0 Å². The van der Waals surface area contributed by atoms with Crippen LogP contribution in [0.15, 0.2) is 35.2 Å². The molecule has 0 saturated carbocycles. The van der Waals surface area contributed by atoms with Gasteiger partial charge in [0.25, 0.3) is 0 Å². The highest BCUT2D eigenvalue weighted by molar-refractivity contribution is 7.13. The Labute approximate surface area is 171 Å². The predicted molar refractivity (Wildman–Crippen MR) is 114 cm³/mol. The number of likely N-dealkylation sites (N-methyl/N-ethyl adjacent to an activating group) is 1. The minimum Gasteiger partial charge on any atom is -0.313 e. The molecule has 3 aromatic rings. The molecule has 1 saturated heterocycles. The number of hydrogen-bond donors (Lipinski definition) is 2. The van der Waals surface area contributed by atoms with Crippen molar-refractivity contribution in [3.63, 3.8) is 0 Å². The molecule has 1 aliphatic rings. The number of carbonyl (C=O) groups is 1. The summed E-state index contributed by atoms with van der Waals surface area (Å²) < 4.78 is 0. The molecule has 1 fully saturated rings. The quantitative estimate of drug-likeness (QED) is 0.619. The van der Waals surface area contributed by atoms with Gasteiger partial charge in [-0.1, -0.05) is 13.0 Å². The van der Waals surface area contributed by atoms with Crippen LogP contribution < -0.4 is 10.6 Å². The maximum Gasteiger partial charge on any atom is 0.239 e. The number of anilines is 1. The molecule has 1 aliphatic heterocycles. The molecule has 0 aliphatic carbocycles. The third kappa shape index (κ3) is 4.61. The minimum absolute atomic E-state index is 0.0573. The number of nitrogens with zero attached hydrogens (tertiary/aromatic N) is 4. The molecule has 0 radical (unpaired) electrons. The summed E-state index contributed by atoms with van der Waals surface area (Å²) in [6.07, 6.45) is 2.82. The van der Waals surface area contributed by atoms with Gasteiger partial charge >= 0.3 is 0 Å². The summed E-state index contributed by atoms with van der Waals surface area (Å²) in [6.45, 7) is 5.26. The van der Waals surface area contributed by atoms with Gasteiger partial charge in [-0.15, -0.1) is 22.7 Å². The van der Waals surface area contributed by atoms with E-state index in [9.17, 15) is 4.79 Å². The Morgan fingerprint density at radius 1 is 1.32 bits per heavy atom. The second-order valence-electron chi connectivity index (χ2n) is 6.60. The highest BCUT2D eigenvalue weighted by atomic mass is 32.1. The van der Waals surface area contributed by atoms with E-state index in [1.807, 2.05) is 22.9 Å². The molecule has 0 aromatic carbocycles. The Kier molecular flexibility index (Phi) is 6.06. The number of thiazole rings is 1. The largest absolute Gasteiger partial charge is 0.313 e. The van der Waals surface area contributed by atoms with Crippen LogP contribution in [0.5, 0.6) is 0 Å². The van der Waals surface area contributed by atoms with E-state index in [4.69, 9.17) is 0 Å². The third-order valence-electron chi connectivity index (χ3n) is 4.52. The molecule has 9 heteroatoms. The first-order valence-corrected chi connectivity index (χ1v) is 11.1. The third-order valence-corrected chi connectivity index (χ3v) is 6.18. The fourth-order valence-electron chi connectivity index (χ4n) is 3.30. The first kappa shape index (κ1) is 19.1. The lowest BCUT2D eigenvalue weighted by atomic mass is 10.3. The number of rotatable bonds is 7. The van der Waals surface area contributed by atoms with E-state index < -0.39 is 0 Å². The predicted octanol–water partition coefficient (Wildman–Crippen LogP) is 2.95. The second kappa shape index (κ2) is 8.87. The zero-order valence-electron chi connectivity index (χ0n) is 15.6. The van der Waals surface area contributed by atoms with Crippen LogP contribution in [-0.2, 0) is 4.79 Å². The molecule has 0 spiro atoms. The smallest absolute Gasteiger partial charge is 0.239 e. The van der Waals surface area contributed by atoms with Gasteiger partial charge in [0.05, 0.1) is 11.4 Å². The summed E-state index contributed by atoms with van der Waals surface area (Å²) in [5.74, 6) is 1.06. The van der Waals surface area contributed by atoms with Crippen molar-refractivity contribution in [1.29, 1.82) is 0 Å². The van der Waals surface area contributed by atoms with Gasteiger partial charge < -0.3 is 10.6 Å². The van der Waals surface area contributed by atoms with Crippen LogP contribution in [-0.4, -0.2) is 58.0 Å². The van der Waals surface area contributed by atoms with Crippen molar-refractivity contribution in [3.05, 3.63) is 35.2 Å². The summed E-state index contributed by atoms with van der Waals surface area (Å²) >= 11 is 3.09. The molecule has 0 bridgehead atoms. The first-order chi connectivity index (χ1) is 13.7. The lowest BCUT2D eigenvalue weighted by molar-refractivity contribution is -0.117. The van der Waals surface area contributed by atoms with Crippen LogP contribution in [0.4, 0.5) is 5.82 Å². The summed E-state index contributed by atoms with van der Waals surface area (Å²) in [6, 6.07) is 6.20. The Hall–Kier alpha value is -2.20. The van der Waals surface area contributed by atoms with Gasteiger partial charge in [0.15, 0.2) is 5.82 Å².